The zero-order chi connectivity index (χ0) is 16.2. The van der Waals surface area contributed by atoms with Crippen LogP contribution < -0.4 is 5.56 Å². The Morgan fingerprint density at radius 3 is 2.64 bits per heavy atom. The molecule has 0 saturated heterocycles. The summed E-state index contributed by atoms with van der Waals surface area (Å²) in [6.45, 7) is 2.94. The van der Waals surface area contributed by atoms with Gasteiger partial charge in [0.05, 0.1) is 24.1 Å². The normalized spacial score (nSPS) is 12.2. The van der Waals surface area contributed by atoms with Crippen LogP contribution in [0.4, 0.5) is 0 Å². The van der Waals surface area contributed by atoms with Crippen LogP contribution in [0, 0.1) is 5.41 Å². The number of fused-ring (bicyclic) bond motifs is 1. The summed E-state index contributed by atoms with van der Waals surface area (Å²) >= 11 is 0. The van der Waals surface area contributed by atoms with Gasteiger partial charge in [-0.2, -0.15) is 0 Å². The van der Waals surface area contributed by atoms with E-state index in [1.54, 1.807) is 6.07 Å². The highest BCUT2D eigenvalue weighted by molar-refractivity contribution is 5.77. The number of H-pyrrole nitrogens is 1. The van der Waals surface area contributed by atoms with E-state index in [1.807, 2.05) is 37.1 Å². The molecule has 0 aliphatic rings. The summed E-state index contributed by atoms with van der Waals surface area (Å²) < 4.78 is 0. The van der Waals surface area contributed by atoms with Crippen LogP contribution in [0.25, 0.3) is 10.9 Å². The van der Waals surface area contributed by atoms with Crippen LogP contribution in [0.15, 0.2) is 29.1 Å². The molecule has 0 fully saturated rings. The average Bonchev–Trinajstić information content (AvgIpc) is 2.53. The van der Waals surface area contributed by atoms with E-state index in [0.717, 1.165) is 0 Å². The lowest BCUT2D eigenvalue weighted by atomic mass is 9.92. The van der Waals surface area contributed by atoms with E-state index in [0.29, 0.717) is 36.2 Å². The maximum atomic E-state index is 12.0. The molecular weight excluding hydrogens is 282 g/mol. The Labute approximate surface area is 129 Å². The zero-order valence-electron chi connectivity index (χ0n) is 13.0. The molecule has 120 valence electrons. The van der Waals surface area contributed by atoms with Crippen molar-refractivity contribution in [1.82, 2.24) is 14.9 Å². The molecule has 0 unspecified atom stereocenters. The van der Waals surface area contributed by atoms with Crippen molar-refractivity contribution in [1.29, 1.82) is 0 Å². The second-order valence-electron chi connectivity index (χ2n) is 6.14. The van der Waals surface area contributed by atoms with Gasteiger partial charge in [-0.05, 0) is 19.2 Å². The second-order valence-corrected chi connectivity index (χ2v) is 6.14. The van der Waals surface area contributed by atoms with Crippen LogP contribution in [0.1, 0.15) is 12.7 Å². The minimum absolute atomic E-state index is 0.0705. The minimum Gasteiger partial charge on any atom is -0.396 e. The summed E-state index contributed by atoms with van der Waals surface area (Å²) in [7, 11) is 1.92. The number of benzene rings is 1. The molecule has 0 amide bonds. The van der Waals surface area contributed by atoms with Gasteiger partial charge in [0.15, 0.2) is 0 Å². The highest BCUT2D eigenvalue weighted by Crippen LogP contribution is 2.15. The second kappa shape index (κ2) is 7.00. The Bertz CT molecular complexity index is 680. The van der Waals surface area contributed by atoms with Crippen molar-refractivity contribution in [2.75, 3.05) is 33.4 Å². The van der Waals surface area contributed by atoms with E-state index in [4.69, 9.17) is 0 Å². The molecule has 0 radical (unpaired) electrons. The molecule has 0 saturated carbocycles. The molecule has 2 aromatic rings. The average molecular weight is 305 g/mol. The highest BCUT2D eigenvalue weighted by Gasteiger charge is 2.24. The maximum Gasteiger partial charge on any atom is 0.258 e. The van der Waals surface area contributed by atoms with E-state index >= 15 is 0 Å². The quantitative estimate of drug-likeness (QED) is 0.688. The number of nitrogens with zero attached hydrogens (tertiary/aromatic N) is 2. The number of rotatable bonds is 7. The van der Waals surface area contributed by atoms with Gasteiger partial charge in [0.2, 0.25) is 0 Å². The topological polar surface area (TPSA) is 89.5 Å². The number of aliphatic hydroxyl groups excluding tert-OH is 2. The van der Waals surface area contributed by atoms with E-state index in [2.05, 4.69) is 9.97 Å². The number of para-hydroxylation sites is 1. The van der Waals surface area contributed by atoms with Gasteiger partial charge < -0.3 is 20.1 Å². The number of aromatic nitrogens is 2. The predicted octanol–water partition coefficient (Wildman–Crippen LogP) is 0.388. The molecule has 22 heavy (non-hydrogen) atoms. The first-order valence-corrected chi connectivity index (χ1v) is 7.36. The Balaban J connectivity index is 2.04. The molecule has 0 atom stereocenters. The van der Waals surface area contributed by atoms with Crippen molar-refractivity contribution in [3.63, 3.8) is 0 Å². The lowest BCUT2D eigenvalue weighted by molar-refractivity contribution is 0.0422. The van der Waals surface area contributed by atoms with Gasteiger partial charge in [0.25, 0.3) is 5.56 Å². The molecule has 0 bridgehead atoms. The Morgan fingerprint density at radius 1 is 1.27 bits per heavy atom. The maximum absolute atomic E-state index is 12.0. The number of hydrogen-bond acceptors (Lipinski definition) is 5. The molecule has 1 heterocycles. The van der Waals surface area contributed by atoms with Crippen molar-refractivity contribution in [3.8, 4) is 0 Å². The summed E-state index contributed by atoms with van der Waals surface area (Å²) in [5.74, 6) is 0.644. The molecule has 3 N–H and O–H groups in total. The van der Waals surface area contributed by atoms with E-state index in [1.165, 1.54) is 0 Å². The summed E-state index contributed by atoms with van der Waals surface area (Å²) in [5.41, 5.74) is 0.0390. The number of nitrogens with one attached hydrogen (secondary N) is 1. The van der Waals surface area contributed by atoms with Crippen LogP contribution in [0.3, 0.4) is 0 Å². The molecule has 1 aromatic carbocycles. The van der Waals surface area contributed by atoms with Crippen LogP contribution in [-0.4, -0.2) is 58.4 Å². The fourth-order valence-electron chi connectivity index (χ4n) is 2.43. The summed E-state index contributed by atoms with van der Waals surface area (Å²) in [6, 6.07) is 7.26. The van der Waals surface area contributed by atoms with Crippen molar-refractivity contribution in [2.24, 2.45) is 5.41 Å². The van der Waals surface area contributed by atoms with E-state index in [9.17, 15) is 15.0 Å². The van der Waals surface area contributed by atoms with Gasteiger partial charge in [-0.25, -0.2) is 4.98 Å². The lowest BCUT2D eigenvalue weighted by Crippen LogP contribution is -2.39. The Morgan fingerprint density at radius 2 is 1.95 bits per heavy atom. The van der Waals surface area contributed by atoms with Gasteiger partial charge in [-0.3, -0.25) is 4.79 Å². The monoisotopic (exact) mass is 305 g/mol. The van der Waals surface area contributed by atoms with Crippen LogP contribution in [0.2, 0.25) is 0 Å². The van der Waals surface area contributed by atoms with Gasteiger partial charge >= 0.3 is 0 Å². The van der Waals surface area contributed by atoms with E-state index in [-0.39, 0.29) is 18.8 Å². The molecule has 0 spiro atoms. The van der Waals surface area contributed by atoms with Gasteiger partial charge in [0.1, 0.15) is 5.82 Å². The fourth-order valence-corrected chi connectivity index (χ4v) is 2.43. The first kappa shape index (κ1) is 16.6. The van der Waals surface area contributed by atoms with Crippen molar-refractivity contribution < 1.29 is 10.2 Å². The molecule has 0 aliphatic heterocycles. The lowest BCUT2D eigenvalue weighted by Gasteiger charge is -2.30. The third-order valence-electron chi connectivity index (χ3n) is 3.81. The van der Waals surface area contributed by atoms with Crippen molar-refractivity contribution >= 4 is 10.9 Å². The third kappa shape index (κ3) is 3.91. The van der Waals surface area contributed by atoms with Crippen LogP contribution in [0.5, 0.6) is 0 Å². The molecule has 0 aliphatic carbocycles. The standard InChI is InChI=1S/C16H23N3O3/c1-16(10-20,11-21)9-19(2)8-7-14-17-13-6-4-3-5-12(13)15(22)18-14/h3-6,20-21H,7-11H2,1-2H3,(H,17,18,22). The molecule has 1 aromatic heterocycles. The number of hydrogen-bond donors (Lipinski definition) is 3. The molecular formula is C16H23N3O3. The van der Waals surface area contributed by atoms with E-state index < -0.39 is 5.41 Å². The first-order chi connectivity index (χ1) is 10.5. The number of aromatic amines is 1. The summed E-state index contributed by atoms with van der Waals surface area (Å²) in [6.07, 6.45) is 0.601. The third-order valence-corrected chi connectivity index (χ3v) is 3.81. The number of aliphatic hydroxyl groups is 2. The van der Waals surface area contributed by atoms with Gasteiger partial charge in [0, 0.05) is 24.9 Å². The van der Waals surface area contributed by atoms with Crippen LogP contribution in [-0.2, 0) is 6.42 Å². The van der Waals surface area contributed by atoms with Gasteiger partial charge in [-0.15, -0.1) is 0 Å². The van der Waals surface area contributed by atoms with Crippen LogP contribution >= 0.6 is 0 Å². The minimum atomic E-state index is -0.529. The summed E-state index contributed by atoms with van der Waals surface area (Å²) in [5, 5.41) is 19.2. The molecule has 2 rings (SSSR count). The molecule has 6 heteroatoms. The van der Waals surface area contributed by atoms with Gasteiger partial charge in [-0.1, -0.05) is 19.1 Å². The number of likely N-dealkylation sites (N-methyl/N-ethyl adjacent to an activating group) is 1. The zero-order valence-corrected chi connectivity index (χ0v) is 13.0. The smallest absolute Gasteiger partial charge is 0.258 e. The highest BCUT2D eigenvalue weighted by atomic mass is 16.3. The first-order valence-electron chi connectivity index (χ1n) is 7.36. The predicted molar refractivity (Wildman–Crippen MR) is 85.8 cm³/mol. The Hall–Kier alpha value is -1.76. The largest absolute Gasteiger partial charge is 0.396 e. The molecule has 6 nitrogen and oxygen atoms in total. The Kier molecular flexibility index (Phi) is 5.28. The van der Waals surface area contributed by atoms with Crippen molar-refractivity contribution in [2.45, 2.75) is 13.3 Å². The fraction of sp³-hybridized carbons (Fsp3) is 0.500. The van der Waals surface area contributed by atoms with Crippen molar-refractivity contribution in [3.05, 3.63) is 40.4 Å². The SMILES string of the molecule is CN(CCc1nc2ccccc2c(=O)[nH]1)CC(C)(CO)CO. The summed E-state index contributed by atoms with van der Waals surface area (Å²) in [4.78, 5) is 21.3.